The number of aliphatic hydroxyl groups is 2. The van der Waals surface area contributed by atoms with Crippen molar-refractivity contribution in [1.82, 2.24) is 5.32 Å². The number of phenolic OH excluding ortho intramolecular Hbond substituents is 1. The van der Waals surface area contributed by atoms with Crippen LogP contribution < -0.4 is 15.8 Å². The molecule has 0 unspecified atom stereocenters. The highest BCUT2D eigenvalue weighted by molar-refractivity contribution is 6.31. The number of esters is 1. The van der Waals surface area contributed by atoms with Gasteiger partial charge < -0.3 is 59.6 Å². The Morgan fingerprint density at radius 2 is 1.72 bits per heavy atom. The number of carbonyl (C=O) groups excluding carboxylic acids is 4. The average molecular weight is 800 g/mol. The fourth-order valence-corrected chi connectivity index (χ4v) is 6.81. The smallest absolute Gasteiger partial charge is 0.302 e. The number of hydrogen-bond acceptors (Lipinski definition) is 16. The van der Waals surface area contributed by atoms with Crippen LogP contribution in [0, 0.1) is 24.7 Å². The second-order valence-corrected chi connectivity index (χ2v) is 14.4. The Hall–Kier alpha value is -4.91. The number of hydrogen-bond donors (Lipinski definition) is 5. The number of ether oxygens (including phenoxy) is 6. The quantitative estimate of drug-likeness (QED) is 0.110. The highest BCUT2D eigenvalue weighted by Crippen LogP contribution is 2.48. The number of nitrogens with zero attached hydrogens (tertiary/aromatic N) is 1. The van der Waals surface area contributed by atoms with E-state index in [2.05, 4.69) is 10.5 Å². The Labute approximate surface area is 331 Å². The average Bonchev–Trinajstić information content (AvgIpc) is 3.46. The Morgan fingerprint density at radius 3 is 2.37 bits per heavy atom. The van der Waals surface area contributed by atoms with Gasteiger partial charge in [0.2, 0.25) is 12.6 Å². The number of nitrogens with one attached hydrogen (secondary N) is 1. The summed E-state index contributed by atoms with van der Waals surface area (Å²) in [5, 5.41) is 40.7. The summed E-state index contributed by atoms with van der Waals surface area (Å²) < 4.78 is 34.2. The molecule has 312 valence electrons. The number of rotatable bonds is 8. The van der Waals surface area contributed by atoms with Crippen LogP contribution in [0.3, 0.4) is 0 Å². The van der Waals surface area contributed by atoms with E-state index in [1.807, 2.05) is 0 Å². The van der Waals surface area contributed by atoms with Crippen molar-refractivity contribution >= 4 is 29.2 Å². The van der Waals surface area contributed by atoms with E-state index in [0.29, 0.717) is 0 Å². The van der Waals surface area contributed by atoms with Crippen molar-refractivity contribution in [2.45, 2.75) is 84.7 Å². The summed E-state index contributed by atoms with van der Waals surface area (Å²) in [7, 11) is 2.91. The fourth-order valence-electron chi connectivity index (χ4n) is 6.81. The summed E-state index contributed by atoms with van der Waals surface area (Å²) >= 11 is 0. The third-order valence-corrected chi connectivity index (χ3v) is 10.3. The van der Waals surface area contributed by atoms with Gasteiger partial charge in [0.15, 0.2) is 11.5 Å². The first-order valence-electron chi connectivity index (χ1n) is 18.4. The number of amides is 1. The first-order chi connectivity index (χ1) is 26.9. The van der Waals surface area contributed by atoms with Gasteiger partial charge in [-0.3, -0.25) is 19.2 Å². The lowest BCUT2D eigenvalue weighted by atomic mass is 9.81. The maximum atomic E-state index is 14.0. The standard InChI is InChI=1S/C40H53N3O14/c1-19-11-10-12-20(2)39(50)42-25-17-26(45)28-29(35(25)49)33(47)23(5)36-30(28)38(43-55-18-53-16-15-51-8)40(7,57-36)54-14-13-27(52-9)21(3)37(56-24(6)44)31(41)34(48)22(4)32(19)46/h10-14,17,19,21-22,27,31-32,34,37,46-48H,15-16,18,41H2,1-9H3,(H,42,50)/b11-10+,14-13+,20-12-,43-38-/t19-,21+,22+,27-,31+,32-,34+,37+,40-/m0/s1. The molecule has 57 heavy (non-hydrogen) atoms. The Kier molecular flexibility index (Phi) is 15.0. The molecule has 0 spiro atoms. The number of fused-ring (bicyclic) bond motifs is 14. The molecule has 17 nitrogen and oxygen atoms in total. The predicted octanol–water partition coefficient (Wildman–Crippen LogP) is 2.48. The number of carbonyl (C=O) groups is 4. The first kappa shape index (κ1) is 44.8. The van der Waals surface area contributed by atoms with Crippen LogP contribution in [0.5, 0.6) is 11.5 Å². The molecule has 17 heteroatoms. The molecule has 5 bridgehead atoms. The summed E-state index contributed by atoms with van der Waals surface area (Å²) in [6, 6.07) is -1.18. The molecule has 0 radical (unpaired) electrons. The Morgan fingerprint density at radius 1 is 1.02 bits per heavy atom. The van der Waals surface area contributed by atoms with Gasteiger partial charge in [0.25, 0.3) is 11.7 Å². The van der Waals surface area contributed by atoms with Crippen LogP contribution in [0.1, 0.15) is 73.4 Å². The predicted molar refractivity (Wildman–Crippen MR) is 204 cm³/mol. The number of methoxy groups -OCH3 is 2. The summed E-state index contributed by atoms with van der Waals surface area (Å²) in [6.45, 7) is 10.7. The summed E-state index contributed by atoms with van der Waals surface area (Å²) in [5.74, 6) is -7.52. The molecule has 9 atom stereocenters. The van der Waals surface area contributed by atoms with Crippen LogP contribution in [0.2, 0.25) is 0 Å². The molecule has 1 aliphatic carbocycles. The van der Waals surface area contributed by atoms with Crippen molar-refractivity contribution < 1.29 is 67.8 Å². The van der Waals surface area contributed by atoms with E-state index < -0.39 is 88.8 Å². The van der Waals surface area contributed by atoms with E-state index in [0.717, 1.165) is 6.08 Å². The van der Waals surface area contributed by atoms with Gasteiger partial charge >= 0.3 is 5.97 Å². The molecule has 5 rings (SSSR count). The minimum Gasteiger partial charge on any atom is -0.507 e. The monoisotopic (exact) mass is 799 g/mol. The molecule has 0 saturated heterocycles. The Balaban J connectivity index is 1.89. The van der Waals surface area contributed by atoms with E-state index >= 15 is 0 Å². The summed E-state index contributed by atoms with van der Waals surface area (Å²) in [5.41, 5.74) is 5.63. The van der Waals surface area contributed by atoms with Gasteiger partial charge in [-0.25, -0.2) is 0 Å². The molecule has 0 aromatic heterocycles. The van der Waals surface area contributed by atoms with Crippen molar-refractivity contribution in [2.75, 3.05) is 34.2 Å². The van der Waals surface area contributed by atoms with E-state index in [9.17, 15) is 34.5 Å². The second-order valence-electron chi connectivity index (χ2n) is 14.4. The minimum atomic E-state index is -1.87. The number of benzene rings is 1. The summed E-state index contributed by atoms with van der Waals surface area (Å²) in [6.07, 6.45) is 3.78. The van der Waals surface area contributed by atoms with E-state index in [-0.39, 0.29) is 59.4 Å². The zero-order chi connectivity index (χ0) is 42.4. The number of aromatic hydroxyl groups is 1. The highest BCUT2D eigenvalue weighted by atomic mass is 16.8. The molecule has 1 aromatic rings. The van der Waals surface area contributed by atoms with Crippen molar-refractivity contribution in [3.8, 4) is 11.5 Å². The number of ketones is 2. The zero-order valence-electron chi connectivity index (χ0n) is 33.6. The number of nitrogens with two attached hydrogens (primary N) is 1. The van der Waals surface area contributed by atoms with E-state index in [1.54, 1.807) is 26.8 Å². The van der Waals surface area contributed by atoms with E-state index in [4.69, 9.17) is 39.0 Å². The number of phenols is 1. The van der Waals surface area contributed by atoms with Crippen LogP contribution >= 0.6 is 0 Å². The van der Waals surface area contributed by atoms with Crippen molar-refractivity contribution in [3.05, 3.63) is 70.2 Å². The lowest BCUT2D eigenvalue weighted by Crippen LogP contribution is -2.55. The molecule has 6 N–H and O–H groups in total. The zero-order valence-corrected chi connectivity index (χ0v) is 33.6. The summed E-state index contributed by atoms with van der Waals surface area (Å²) in [4.78, 5) is 58.9. The van der Waals surface area contributed by atoms with Crippen molar-refractivity contribution in [1.29, 1.82) is 0 Å². The molecule has 3 aliphatic heterocycles. The lowest BCUT2D eigenvalue weighted by Gasteiger charge is -2.37. The largest absolute Gasteiger partial charge is 0.507 e. The maximum absolute atomic E-state index is 14.0. The number of Topliss-reactive ketones (excluding diaryl/α,β-unsaturated/α-hetero) is 1. The van der Waals surface area contributed by atoms with Crippen LogP contribution in [-0.2, 0) is 38.1 Å². The second kappa shape index (κ2) is 19.0. The molecule has 3 heterocycles. The number of allylic oxidation sites excluding steroid dienone is 4. The first-order valence-corrected chi connectivity index (χ1v) is 18.4. The molecule has 4 aliphatic rings. The van der Waals surface area contributed by atoms with Gasteiger partial charge in [0, 0.05) is 63.0 Å². The van der Waals surface area contributed by atoms with E-state index in [1.165, 1.54) is 66.4 Å². The number of aliphatic hydroxyl groups excluding tert-OH is 2. The van der Waals surface area contributed by atoms with Gasteiger partial charge in [-0.1, -0.05) is 44.2 Å². The van der Waals surface area contributed by atoms with Crippen LogP contribution in [0.25, 0.3) is 0 Å². The third-order valence-electron chi connectivity index (χ3n) is 10.3. The molecule has 0 saturated carbocycles. The molecule has 1 aromatic carbocycles. The Bertz CT molecular complexity index is 1870. The SMILES string of the molecule is COCCOCO/N=C1/c2c3c(C)c(O)c4c2C(=O)C=C(NC(=O)/C(C)=C\C=C\[C@H](C)[C@H](O)[C@@H](C)[C@@H](O)[C@@H](N)[C@H](OC(C)=O)[C@H](C)[C@@H](OC)/C=C/O[C@@]1(C)O3)C4=O. The lowest BCUT2D eigenvalue weighted by molar-refractivity contribution is -0.156. The van der Waals surface area contributed by atoms with Crippen molar-refractivity contribution in [3.63, 3.8) is 0 Å². The van der Waals surface area contributed by atoms with Gasteiger partial charge in [-0.2, -0.15) is 0 Å². The van der Waals surface area contributed by atoms with Gasteiger partial charge in [-0.15, -0.1) is 0 Å². The molecular weight excluding hydrogens is 746 g/mol. The van der Waals surface area contributed by atoms with Crippen LogP contribution in [-0.4, -0.2) is 115 Å². The fraction of sp³-hybridized carbons (Fsp3) is 0.525. The van der Waals surface area contributed by atoms with Gasteiger partial charge in [-0.05, 0) is 19.9 Å². The maximum Gasteiger partial charge on any atom is 0.302 e. The van der Waals surface area contributed by atoms with Crippen LogP contribution in [0.15, 0.2) is 53.1 Å². The third kappa shape index (κ3) is 9.63. The van der Waals surface area contributed by atoms with Gasteiger partial charge in [0.1, 0.15) is 17.6 Å². The molecular formula is C40H53N3O14. The van der Waals surface area contributed by atoms with Crippen molar-refractivity contribution in [2.24, 2.45) is 28.6 Å². The highest BCUT2D eigenvalue weighted by Gasteiger charge is 2.51. The molecule has 0 fully saturated rings. The molecule has 1 amide bonds. The van der Waals surface area contributed by atoms with Gasteiger partial charge in [0.05, 0.1) is 66.2 Å². The topological polar surface area (TPSA) is 244 Å². The normalized spacial score (nSPS) is 32.4. The number of oxime groups is 1. The van der Waals surface area contributed by atoms with Crippen LogP contribution in [0.4, 0.5) is 0 Å². The minimum absolute atomic E-state index is 0.000656.